The maximum Gasteiger partial charge on any atom is 0.225 e. The normalized spacial score (nSPS) is 10.4. The minimum absolute atomic E-state index is 0.0128. The molecule has 0 radical (unpaired) electrons. The summed E-state index contributed by atoms with van der Waals surface area (Å²) in [6.45, 7) is 0.400. The van der Waals surface area contributed by atoms with Crippen LogP contribution in [0.2, 0.25) is 5.02 Å². The quantitative estimate of drug-likeness (QED) is 0.634. The molecule has 1 aromatic heterocycles. The summed E-state index contributed by atoms with van der Waals surface area (Å²) in [6, 6.07) is 19.1. The molecule has 0 saturated carbocycles. The van der Waals surface area contributed by atoms with Crippen molar-refractivity contribution < 1.29 is 5.11 Å². The second kappa shape index (κ2) is 7.77. The first-order chi connectivity index (χ1) is 11.7. The number of aliphatic hydroxyl groups is 1. The molecule has 5 nitrogen and oxygen atoms in total. The van der Waals surface area contributed by atoms with Crippen LogP contribution in [0, 0.1) is 0 Å². The van der Waals surface area contributed by atoms with Crippen LogP contribution in [0.1, 0.15) is 0 Å². The molecule has 0 saturated heterocycles. The molecule has 3 rings (SSSR count). The van der Waals surface area contributed by atoms with Crippen molar-refractivity contribution in [2.75, 3.05) is 23.8 Å². The zero-order valence-corrected chi connectivity index (χ0v) is 13.7. The summed E-state index contributed by atoms with van der Waals surface area (Å²) in [5, 5.41) is 15.9. The molecule has 3 N–H and O–H groups in total. The van der Waals surface area contributed by atoms with Crippen LogP contribution in [0.5, 0.6) is 0 Å². The van der Waals surface area contributed by atoms with Crippen LogP contribution in [0.25, 0.3) is 11.3 Å². The minimum Gasteiger partial charge on any atom is -0.395 e. The Bertz CT molecular complexity index is 794. The molecular formula is C18H17ClN4O. The van der Waals surface area contributed by atoms with E-state index in [1.54, 1.807) is 0 Å². The third-order valence-corrected chi connectivity index (χ3v) is 3.56. The van der Waals surface area contributed by atoms with Gasteiger partial charge in [0.1, 0.15) is 5.82 Å². The van der Waals surface area contributed by atoms with Crippen molar-refractivity contribution in [1.82, 2.24) is 9.97 Å². The molecule has 0 unspecified atom stereocenters. The lowest BCUT2D eigenvalue weighted by Crippen LogP contribution is -2.10. The van der Waals surface area contributed by atoms with Gasteiger partial charge in [-0.3, -0.25) is 0 Å². The largest absolute Gasteiger partial charge is 0.395 e. The summed E-state index contributed by atoms with van der Waals surface area (Å²) in [7, 11) is 0. The Morgan fingerprint density at radius 2 is 1.71 bits per heavy atom. The van der Waals surface area contributed by atoms with Gasteiger partial charge in [0.05, 0.1) is 12.3 Å². The van der Waals surface area contributed by atoms with Crippen molar-refractivity contribution in [3.05, 3.63) is 65.7 Å². The van der Waals surface area contributed by atoms with Gasteiger partial charge in [-0.2, -0.15) is 4.98 Å². The smallest absolute Gasteiger partial charge is 0.225 e. The van der Waals surface area contributed by atoms with E-state index in [1.165, 1.54) is 0 Å². The molecule has 0 bridgehead atoms. The van der Waals surface area contributed by atoms with Crippen molar-refractivity contribution in [3.63, 3.8) is 0 Å². The Labute approximate surface area is 145 Å². The Balaban J connectivity index is 1.93. The summed E-state index contributed by atoms with van der Waals surface area (Å²) in [4.78, 5) is 8.94. The van der Waals surface area contributed by atoms with Crippen LogP contribution in [-0.2, 0) is 0 Å². The molecular weight excluding hydrogens is 324 g/mol. The predicted octanol–water partition coefficient (Wildman–Crippen LogP) is 3.94. The van der Waals surface area contributed by atoms with Gasteiger partial charge in [-0.05, 0) is 24.3 Å². The monoisotopic (exact) mass is 340 g/mol. The standard InChI is InChI=1S/C18H17ClN4O/c19-14-6-8-15(9-7-14)21-17-12-16(13-4-2-1-3-5-13)22-18(23-17)20-10-11-24/h1-9,12,24H,10-11H2,(H2,20,21,22,23). The zero-order chi connectivity index (χ0) is 16.8. The number of anilines is 3. The number of benzene rings is 2. The SMILES string of the molecule is OCCNc1nc(Nc2ccc(Cl)cc2)cc(-c2ccccc2)n1. The van der Waals surface area contributed by atoms with Gasteiger partial charge in [-0.15, -0.1) is 0 Å². The van der Waals surface area contributed by atoms with E-state index in [4.69, 9.17) is 16.7 Å². The second-order valence-corrected chi connectivity index (χ2v) is 5.55. The lowest BCUT2D eigenvalue weighted by molar-refractivity contribution is 0.311. The predicted molar refractivity (Wildman–Crippen MR) is 97.8 cm³/mol. The van der Waals surface area contributed by atoms with Gasteiger partial charge in [-0.1, -0.05) is 41.9 Å². The highest BCUT2D eigenvalue weighted by atomic mass is 35.5. The van der Waals surface area contributed by atoms with Crippen molar-refractivity contribution in [1.29, 1.82) is 0 Å². The second-order valence-electron chi connectivity index (χ2n) is 5.11. The number of halogens is 1. The van der Waals surface area contributed by atoms with Crippen LogP contribution in [0.3, 0.4) is 0 Å². The van der Waals surface area contributed by atoms with Crippen LogP contribution in [0.4, 0.5) is 17.5 Å². The molecule has 0 aliphatic rings. The average Bonchev–Trinajstić information content (AvgIpc) is 2.62. The van der Waals surface area contributed by atoms with Gasteiger partial charge < -0.3 is 15.7 Å². The number of rotatable bonds is 6. The molecule has 122 valence electrons. The summed E-state index contributed by atoms with van der Waals surface area (Å²) >= 11 is 5.92. The molecule has 24 heavy (non-hydrogen) atoms. The van der Waals surface area contributed by atoms with Crippen molar-refractivity contribution in [2.45, 2.75) is 0 Å². The van der Waals surface area contributed by atoms with Crippen LogP contribution in [0.15, 0.2) is 60.7 Å². The van der Waals surface area contributed by atoms with Gasteiger partial charge in [0.2, 0.25) is 5.95 Å². The summed E-state index contributed by atoms with van der Waals surface area (Å²) in [5.41, 5.74) is 2.67. The number of hydrogen-bond acceptors (Lipinski definition) is 5. The highest BCUT2D eigenvalue weighted by Crippen LogP contribution is 2.24. The van der Waals surface area contributed by atoms with Crippen LogP contribution >= 0.6 is 11.6 Å². The average molecular weight is 341 g/mol. The van der Waals surface area contributed by atoms with E-state index in [0.29, 0.717) is 23.3 Å². The molecule has 0 amide bonds. The Hall–Kier alpha value is -2.63. The van der Waals surface area contributed by atoms with E-state index in [2.05, 4.69) is 20.6 Å². The van der Waals surface area contributed by atoms with E-state index in [1.807, 2.05) is 60.7 Å². The molecule has 0 atom stereocenters. The lowest BCUT2D eigenvalue weighted by Gasteiger charge is -2.11. The summed E-state index contributed by atoms with van der Waals surface area (Å²) in [5.74, 6) is 1.12. The van der Waals surface area contributed by atoms with Crippen LogP contribution < -0.4 is 10.6 Å². The third-order valence-electron chi connectivity index (χ3n) is 3.31. The summed E-state index contributed by atoms with van der Waals surface area (Å²) < 4.78 is 0. The topological polar surface area (TPSA) is 70.1 Å². The maximum absolute atomic E-state index is 9.00. The van der Waals surface area contributed by atoms with Crippen molar-refractivity contribution in [2.24, 2.45) is 0 Å². The first kappa shape index (κ1) is 16.2. The fraction of sp³-hybridized carbons (Fsp3) is 0.111. The van der Waals surface area contributed by atoms with Crippen molar-refractivity contribution >= 4 is 29.1 Å². The number of aliphatic hydroxyl groups excluding tert-OH is 1. The van der Waals surface area contributed by atoms with Gasteiger partial charge in [-0.25, -0.2) is 4.98 Å². The highest BCUT2D eigenvalue weighted by molar-refractivity contribution is 6.30. The molecule has 1 heterocycles. The molecule has 3 aromatic rings. The molecule has 2 aromatic carbocycles. The molecule has 0 aliphatic carbocycles. The van der Waals surface area contributed by atoms with Gasteiger partial charge in [0, 0.05) is 28.9 Å². The molecule has 6 heteroatoms. The third kappa shape index (κ3) is 4.22. The number of aromatic nitrogens is 2. The van der Waals surface area contributed by atoms with E-state index in [9.17, 15) is 0 Å². The van der Waals surface area contributed by atoms with Gasteiger partial charge in [0.25, 0.3) is 0 Å². The minimum atomic E-state index is 0.0128. The lowest BCUT2D eigenvalue weighted by atomic mass is 10.1. The fourth-order valence-electron chi connectivity index (χ4n) is 2.20. The number of nitrogens with one attached hydrogen (secondary N) is 2. The van der Waals surface area contributed by atoms with Crippen molar-refractivity contribution in [3.8, 4) is 11.3 Å². The van der Waals surface area contributed by atoms with E-state index < -0.39 is 0 Å². The van der Waals surface area contributed by atoms with Gasteiger partial charge >= 0.3 is 0 Å². The van der Waals surface area contributed by atoms with E-state index in [0.717, 1.165) is 16.9 Å². The molecule has 0 spiro atoms. The number of nitrogens with zero attached hydrogens (tertiary/aromatic N) is 2. The van der Waals surface area contributed by atoms with Gasteiger partial charge in [0.15, 0.2) is 0 Å². The fourth-order valence-corrected chi connectivity index (χ4v) is 2.32. The highest BCUT2D eigenvalue weighted by Gasteiger charge is 2.07. The van der Waals surface area contributed by atoms with E-state index >= 15 is 0 Å². The zero-order valence-electron chi connectivity index (χ0n) is 12.9. The first-order valence-corrected chi connectivity index (χ1v) is 7.94. The van der Waals surface area contributed by atoms with Crippen LogP contribution in [-0.4, -0.2) is 28.2 Å². The first-order valence-electron chi connectivity index (χ1n) is 7.56. The Kier molecular flexibility index (Phi) is 5.25. The summed E-state index contributed by atoms with van der Waals surface area (Å²) in [6.07, 6.45) is 0. The molecule has 0 fully saturated rings. The Morgan fingerprint density at radius 3 is 2.42 bits per heavy atom. The number of hydrogen-bond donors (Lipinski definition) is 3. The Morgan fingerprint density at radius 1 is 0.958 bits per heavy atom. The van der Waals surface area contributed by atoms with E-state index in [-0.39, 0.29) is 6.61 Å². The maximum atomic E-state index is 9.00. The molecule has 0 aliphatic heterocycles.